The highest BCUT2D eigenvalue weighted by Crippen LogP contribution is 2.41. The zero-order valence-corrected chi connectivity index (χ0v) is 17.6. The summed E-state index contributed by atoms with van der Waals surface area (Å²) in [5.41, 5.74) is 0.521. The molecule has 1 aliphatic carbocycles. The summed E-state index contributed by atoms with van der Waals surface area (Å²) in [6.45, 7) is 7.73. The van der Waals surface area contributed by atoms with Crippen molar-refractivity contribution in [2.45, 2.75) is 45.8 Å². The second kappa shape index (κ2) is 6.98. The fraction of sp³-hybridized carbons (Fsp3) is 0.650. The van der Waals surface area contributed by atoms with E-state index in [1.807, 2.05) is 6.92 Å². The summed E-state index contributed by atoms with van der Waals surface area (Å²) in [5.74, 6) is 0.640. The van der Waals surface area contributed by atoms with Crippen LogP contribution in [0.5, 0.6) is 0 Å². The van der Waals surface area contributed by atoms with E-state index in [0.29, 0.717) is 44.1 Å². The highest BCUT2D eigenvalue weighted by molar-refractivity contribution is 7.18. The molecule has 3 unspecified atom stereocenters. The molecule has 1 N–H and O–H groups in total. The van der Waals surface area contributed by atoms with Gasteiger partial charge in [0, 0.05) is 43.1 Å². The van der Waals surface area contributed by atoms with Crippen molar-refractivity contribution in [3.05, 3.63) is 31.3 Å². The molecule has 2 aromatic heterocycles. The molecule has 2 saturated heterocycles. The molecular weight excluding hydrogens is 392 g/mol. The quantitative estimate of drug-likeness (QED) is 0.801. The van der Waals surface area contributed by atoms with E-state index in [9.17, 15) is 14.4 Å². The number of carbonyl (C=O) groups is 1. The lowest BCUT2D eigenvalue weighted by Crippen LogP contribution is -2.40. The van der Waals surface area contributed by atoms with Crippen molar-refractivity contribution in [1.29, 1.82) is 0 Å². The number of amides is 2. The maximum Gasteiger partial charge on any atom is 0.332 e. The number of carbonyl (C=O) groups excluding carboxylic acids is 1. The number of hydrogen-bond acceptors (Lipinski definition) is 5. The van der Waals surface area contributed by atoms with E-state index < -0.39 is 0 Å². The first-order chi connectivity index (χ1) is 14.0. The molecule has 2 aliphatic heterocycles. The number of thiophene rings is 1. The molecule has 3 aliphatic rings. The van der Waals surface area contributed by atoms with Gasteiger partial charge in [-0.1, -0.05) is 6.92 Å². The van der Waals surface area contributed by atoms with Crippen molar-refractivity contribution in [1.82, 2.24) is 19.4 Å². The van der Waals surface area contributed by atoms with E-state index in [1.165, 1.54) is 15.9 Å². The summed E-state index contributed by atoms with van der Waals surface area (Å²) >= 11 is 1.48. The number of aromatic nitrogens is 2. The summed E-state index contributed by atoms with van der Waals surface area (Å²) in [6.07, 6.45) is 1.80. The molecule has 1 saturated carbocycles. The van der Waals surface area contributed by atoms with Crippen molar-refractivity contribution in [2.24, 2.45) is 11.8 Å². The molecule has 2 amide bonds. The van der Waals surface area contributed by atoms with E-state index in [4.69, 9.17) is 4.74 Å². The fourth-order valence-corrected chi connectivity index (χ4v) is 5.81. The minimum Gasteiger partial charge on any atom is -0.381 e. The summed E-state index contributed by atoms with van der Waals surface area (Å²) in [7, 11) is 0. The van der Waals surface area contributed by atoms with Crippen LogP contribution in [0.25, 0.3) is 10.2 Å². The predicted molar refractivity (Wildman–Crippen MR) is 111 cm³/mol. The van der Waals surface area contributed by atoms with E-state index >= 15 is 0 Å². The zero-order valence-electron chi connectivity index (χ0n) is 16.8. The Labute approximate surface area is 172 Å². The van der Waals surface area contributed by atoms with Gasteiger partial charge >= 0.3 is 11.7 Å². The first-order valence-corrected chi connectivity index (χ1v) is 11.1. The Balaban J connectivity index is 1.65. The van der Waals surface area contributed by atoms with Crippen LogP contribution in [0.3, 0.4) is 0 Å². The van der Waals surface area contributed by atoms with Crippen LogP contribution in [-0.4, -0.2) is 46.4 Å². The first kappa shape index (κ1) is 18.9. The van der Waals surface area contributed by atoms with E-state index in [2.05, 4.69) is 12.2 Å². The van der Waals surface area contributed by atoms with Crippen LogP contribution in [0.2, 0.25) is 0 Å². The Morgan fingerprint density at radius 2 is 2.07 bits per heavy atom. The number of aryl methyl sites for hydroxylation is 1. The number of rotatable bonds is 5. The average molecular weight is 419 g/mol. The van der Waals surface area contributed by atoms with Gasteiger partial charge in [-0.15, -0.1) is 11.3 Å². The van der Waals surface area contributed by atoms with Crippen LogP contribution in [0.15, 0.2) is 9.59 Å². The van der Waals surface area contributed by atoms with Crippen molar-refractivity contribution in [2.75, 3.05) is 26.3 Å². The van der Waals surface area contributed by atoms with Gasteiger partial charge < -0.3 is 15.0 Å². The molecule has 156 valence electrons. The number of hydrogen-bond donors (Lipinski definition) is 1. The second-order valence-corrected chi connectivity index (χ2v) is 9.65. The van der Waals surface area contributed by atoms with Crippen LogP contribution < -0.4 is 16.6 Å². The van der Waals surface area contributed by atoms with E-state index in [0.717, 1.165) is 34.7 Å². The fourth-order valence-electron chi connectivity index (χ4n) is 4.50. The lowest BCUT2D eigenvalue weighted by molar-refractivity contribution is 0.182. The van der Waals surface area contributed by atoms with Gasteiger partial charge in [0.05, 0.1) is 18.5 Å². The lowest BCUT2D eigenvalue weighted by atomic mass is 10.1. The minimum atomic E-state index is -0.199. The summed E-state index contributed by atoms with van der Waals surface area (Å²) < 4.78 is 8.79. The Morgan fingerprint density at radius 3 is 2.69 bits per heavy atom. The standard InChI is InChI=1S/C20H26N4O4S/c1-11-7-14(11)24-17(25)16-12(2)15(9-22-5-4-21-19(22)26)29-18(16)23(20(24)27)8-13-3-6-28-10-13/h11,13-14H,3-10H2,1-2H3,(H,21,26). The van der Waals surface area contributed by atoms with Crippen molar-refractivity contribution in [3.63, 3.8) is 0 Å². The smallest absolute Gasteiger partial charge is 0.332 e. The molecule has 0 bridgehead atoms. The topological polar surface area (TPSA) is 85.6 Å². The van der Waals surface area contributed by atoms with Gasteiger partial charge in [0.15, 0.2) is 0 Å². The monoisotopic (exact) mass is 418 g/mol. The van der Waals surface area contributed by atoms with Gasteiger partial charge in [-0.05, 0) is 31.2 Å². The molecule has 8 nitrogen and oxygen atoms in total. The van der Waals surface area contributed by atoms with Crippen molar-refractivity contribution in [3.8, 4) is 0 Å². The van der Waals surface area contributed by atoms with Crippen LogP contribution in [0.1, 0.15) is 36.2 Å². The number of fused-ring (bicyclic) bond motifs is 1. The summed E-state index contributed by atoms with van der Waals surface area (Å²) in [4.78, 5) is 42.2. The lowest BCUT2D eigenvalue weighted by Gasteiger charge is -2.14. The molecule has 5 rings (SSSR count). The normalized spacial score (nSPS) is 26.5. The minimum absolute atomic E-state index is 0.00223. The molecule has 9 heteroatoms. The number of nitrogens with zero attached hydrogens (tertiary/aromatic N) is 3. The summed E-state index contributed by atoms with van der Waals surface area (Å²) in [6, 6.07) is -0.0795. The van der Waals surface area contributed by atoms with Crippen molar-refractivity contribution >= 4 is 27.6 Å². The molecular formula is C20H26N4O4S. The predicted octanol–water partition coefficient (Wildman–Crippen LogP) is 1.68. The highest BCUT2D eigenvalue weighted by Gasteiger charge is 2.38. The molecule has 2 aromatic rings. The van der Waals surface area contributed by atoms with Crippen LogP contribution in [-0.2, 0) is 17.8 Å². The third-order valence-corrected chi connectivity index (χ3v) is 7.78. The Bertz CT molecular complexity index is 1090. The maximum atomic E-state index is 13.4. The molecule has 0 radical (unpaired) electrons. The number of ether oxygens (including phenoxy) is 1. The number of nitrogens with one attached hydrogen (secondary N) is 1. The molecule has 4 heterocycles. The van der Waals surface area contributed by atoms with E-state index in [-0.39, 0.29) is 29.2 Å². The highest BCUT2D eigenvalue weighted by atomic mass is 32.1. The third-order valence-electron chi connectivity index (χ3n) is 6.48. The van der Waals surface area contributed by atoms with Gasteiger partial charge in [-0.3, -0.25) is 13.9 Å². The Kier molecular flexibility index (Phi) is 4.54. The number of urea groups is 1. The molecule has 29 heavy (non-hydrogen) atoms. The van der Waals surface area contributed by atoms with Gasteiger partial charge in [0.1, 0.15) is 4.83 Å². The molecule has 3 atom stereocenters. The van der Waals surface area contributed by atoms with Crippen LogP contribution in [0.4, 0.5) is 4.79 Å². The Morgan fingerprint density at radius 1 is 1.28 bits per heavy atom. The average Bonchev–Trinajstić information content (AvgIpc) is 3.08. The molecule has 3 fully saturated rings. The van der Waals surface area contributed by atoms with Crippen molar-refractivity contribution < 1.29 is 9.53 Å². The second-order valence-electron chi connectivity index (χ2n) is 8.56. The van der Waals surface area contributed by atoms with Gasteiger partial charge in [0.2, 0.25) is 0 Å². The molecule has 0 spiro atoms. The van der Waals surface area contributed by atoms with Crippen LogP contribution in [0, 0.1) is 18.8 Å². The SMILES string of the molecule is Cc1c(CN2CCNC2=O)sc2c1c(=O)n(C1CC1C)c(=O)n2CC1CCOC1. The van der Waals surface area contributed by atoms with Gasteiger partial charge in [0.25, 0.3) is 5.56 Å². The Hall–Kier alpha value is -2.13. The first-order valence-electron chi connectivity index (χ1n) is 10.3. The van der Waals surface area contributed by atoms with Crippen LogP contribution >= 0.6 is 11.3 Å². The maximum absolute atomic E-state index is 13.4. The third kappa shape index (κ3) is 3.11. The van der Waals surface area contributed by atoms with E-state index in [1.54, 1.807) is 9.47 Å². The summed E-state index contributed by atoms with van der Waals surface area (Å²) in [5, 5.41) is 3.46. The largest absolute Gasteiger partial charge is 0.381 e. The van der Waals surface area contributed by atoms with Gasteiger partial charge in [-0.2, -0.15) is 0 Å². The zero-order chi connectivity index (χ0) is 20.3. The molecule has 0 aromatic carbocycles. The van der Waals surface area contributed by atoms with Gasteiger partial charge in [-0.25, -0.2) is 9.59 Å².